The van der Waals surface area contributed by atoms with E-state index in [1.54, 1.807) is 0 Å². The lowest BCUT2D eigenvalue weighted by Crippen LogP contribution is -2.29. The molecule has 0 fully saturated rings. The van der Waals surface area contributed by atoms with E-state index >= 15 is 0 Å². The van der Waals surface area contributed by atoms with Gasteiger partial charge in [0.2, 0.25) is 0 Å². The molecule has 0 bridgehead atoms. The Balaban J connectivity index is 1.59. The molecule has 112 valence electrons. The molecule has 1 N–H and O–H groups in total. The van der Waals surface area contributed by atoms with Gasteiger partial charge in [0.15, 0.2) is 0 Å². The Morgan fingerprint density at radius 2 is 1.76 bits per heavy atom. The maximum atomic E-state index is 5.89. The number of halogens is 1. The van der Waals surface area contributed by atoms with Crippen LogP contribution >= 0.6 is 11.6 Å². The van der Waals surface area contributed by atoms with Gasteiger partial charge in [-0.15, -0.1) is 0 Å². The summed E-state index contributed by atoms with van der Waals surface area (Å²) in [5.41, 5.74) is 1.31. The Bertz CT molecular complexity index is 513. The lowest BCUT2D eigenvalue weighted by Gasteiger charge is -2.14. The van der Waals surface area contributed by atoms with Gasteiger partial charge in [-0.2, -0.15) is 0 Å². The van der Waals surface area contributed by atoms with Crippen molar-refractivity contribution < 1.29 is 4.74 Å². The molecule has 3 heteroatoms. The van der Waals surface area contributed by atoms with E-state index in [1.165, 1.54) is 5.56 Å². The van der Waals surface area contributed by atoms with Crippen molar-refractivity contribution in [2.24, 2.45) is 0 Å². The first kappa shape index (κ1) is 15.9. The lowest BCUT2D eigenvalue weighted by molar-refractivity contribution is 0.305. The average molecular weight is 304 g/mol. The quantitative estimate of drug-likeness (QED) is 0.733. The maximum Gasteiger partial charge on any atom is 0.119 e. The van der Waals surface area contributed by atoms with Gasteiger partial charge in [0, 0.05) is 11.1 Å². The molecule has 2 nitrogen and oxygen atoms in total. The predicted octanol–water partition coefficient (Wildman–Crippen LogP) is 4.33. The number of para-hydroxylation sites is 1. The summed E-state index contributed by atoms with van der Waals surface area (Å²) in [5.74, 6) is 0.937. The molecule has 2 aromatic rings. The third-order valence-electron chi connectivity index (χ3n) is 3.28. The van der Waals surface area contributed by atoms with Gasteiger partial charge in [-0.25, -0.2) is 0 Å². The van der Waals surface area contributed by atoms with Gasteiger partial charge in [-0.1, -0.05) is 41.9 Å². The lowest BCUT2D eigenvalue weighted by atomic mass is 10.1. The fraction of sp³-hybridized carbons (Fsp3) is 0.333. The number of hydrogen-bond donors (Lipinski definition) is 1. The van der Waals surface area contributed by atoms with Crippen LogP contribution in [-0.4, -0.2) is 19.2 Å². The molecule has 2 aromatic carbocycles. The normalized spacial score (nSPS) is 12.1. The number of hydrogen-bond acceptors (Lipinski definition) is 2. The zero-order valence-electron chi connectivity index (χ0n) is 12.4. The van der Waals surface area contributed by atoms with E-state index in [9.17, 15) is 0 Å². The summed E-state index contributed by atoms with van der Waals surface area (Å²) in [6.45, 7) is 3.90. The molecule has 0 amide bonds. The highest BCUT2D eigenvalue weighted by Gasteiger charge is 2.02. The van der Waals surface area contributed by atoms with Crippen LogP contribution in [0.25, 0.3) is 0 Å². The van der Waals surface area contributed by atoms with Crippen LogP contribution in [0.3, 0.4) is 0 Å². The Morgan fingerprint density at radius 3 is 2.48 bits per heavy atom. The van der Waals surface area contributed by atoms with Gasteiger partial charge in [-0.05, 0) is 56.1 Å². The van der Waals surface area contributed by atoms with Gasteiger partial charge in [0.05, 0.1) is 6.61 Å². The smallest absolute Gasteiger partial charge is 0.119 e. The van der Waals surface area contributed by atoms with E-state index in [4.69, 9.17) is 16.3 Å². The Hall–Kier alpha value is -1.51. The van der Waals surface area contributed by atoms with Gasteiger partial charge < -0.3 is 10.1 Å². The second kappa shape index (κ2) is 8.71. The van der Waals surface area contributed by atoms with E-state index in [1.807, 2.05) is 42.5 Å². The monoisotopic (exact) mass is 303 g/mol. The molecular formula is C18H22ClNO. The van der Waals surface area contributed by atoms with Crippen LogP contribution in [0.1, 0.15) is 18.9 Å². The van der Waals surface area contributed by atoms with Crippen molar-refractivity contribution in [3.05, 3.63) is 65.2 Å². The van der Waals surface area contributed by atoms with E-state index < -0.39 is 0 Å². The van der Waals surface area contributed by atoms with Crippen molar-refractivity contribution in [1.82, 2.24) is 5.32 Å². The molecule has 0 aliphatic carbocycles. The first-order chi connectivity index (χ1) is 10.2. The van der Waals surface area contributed by atoms with Crippen LogP contribution in [0.4, 0.5) is 0 Å². The van der Waals surface area contributed by atoms with Crippen LogP contribution in [-0.2, 0) is 6.42 Å². The summed E-state index contributed by atoms with van der Waals surface area (Å²) < 4.78 is 5.66. The number of rotatable bonds is 8. The first-order valence-electron chi connectivity index (χ1n) is 7.40. The molecule has 0 saturated heterocycles. The molecule has 0 heterocycles. The number of ether oxygens (including phenoxy) is 1. The van der Waals surface area contributed by atoms with Crippen molar-refractivity contribution in [2.45, 2.75) is 25.8 Å². The predicted molar refractivity (Wildman–Crippen MR) is 89.2 cm³/mol. The summed E-state index contributed by atoms with van der Waals surface area (Å²) in [6, 6.07) is 18.4. The second-order valence-electron chi connectivity index (χ2n) is 5.20. The van der Waals surface area contributed by atoms with Crippen molar-refractivity contribution in [2.75, 3.05) is 13.2 Å². The molecule has 21 heavy (non-hydrogen) atoms. The average Bonchev–Trinajstić information content (AvgIpc) is 2.50. The molecule has 1 atom stereocenters. The number of nitrogens with one attached hydrogen (secondary N) is 1. The summed E-state index contributed by atoms with van der Waals surface area (Å²) in [4.78, 5) is 0. The SMILES string of the molecule is CC(Cc1ccc(Cl)cc1)NCCCOc1ccccc1. The summed E-state index contributed by atoms with van der Waals surface area (Å²) >= 11 is 5.89. The van der Waals surface area contributed by atoms with E-state index in [2.05, 4.69) is 24.4 Å². The first-order valence-corrected chi connectivity index (χ1v) is 7.77. The molecule has 2 rings (SSSR count). The molecule has 1 unspecified atom stereocenters. The Morgan fingerprint density at radius 1 is 1.05 bits per heavy atom. The van der Waals surface area contributed by atoms with Gasteiger partial charge in [0.1, 0.15) is 5.75 Å². The minimum absolute atomic E-state index is 0.447. The Kier molecular flexibility index (Phi) is 6.58. The van der Waals surface area contributed by atoms with Crippen LogP contribution in [0.2, 0.25) is 5.02 Å². The van der Waals surface area contributed by atoms with Crippen molar-refractivity contribution in [3.8, 4) is 5.75 Å². The highest BCUT2D eigenvalue weighted by Crippen LogP contribution is 2.11. The fourth-order valence-electron chi connectivity index (χ4n) is 2.17. The van der Waals surface area contributed by atoms with Gasteiger partial charge in [-0.3, -0.25) is 0 Å². The number of benzene rings is 2. The molecule has 0 aromatic heterocycles. The summed E-state index contributed by atoms with van der Waals surface area (Å²) in [5, 5.41) is 4.31. The highest BCUT2D eigenvalue weighted by molar-refractivity contribution is 6.30. The van der Waals surface area contributed by atoms with E-state index in [-0.39, 0.29) is 0 Å². The van der Waals surface area contributed by atoms with Crippen molar-refractivity contribution in [3.63, 3.8) is 0 Å². The minimum atomic E-state index is 0.447. The summed E-state index contributed by atoms with van der Waals surface area (Å²) in [7, 11) is 0. The standard InChI is InChI=1S/C18H22ClNO/c1-15(14-16-8-10-17(19)11-9-16)20-12-5-13-21-18-6-3-2-4-7-18/h2-4,6-11,15,20H,5,12-14H2,1H3. The van der Waals surface area contributed by atoms with Crippen LogP contribution < -0.4 is 10.1 Å². The molecule has 0 aliphatic heterocycles. The molecule has 0 saturated carbocycles. The van der Waals surface area contributed by atoms with Gasteiger partial charge >= 0.3 is 0 Å². The van der Waals surface area contributed by atoms with Crippen molar-refractivity contribution >= 4 is 11.6 Å². The van der Waals surface area contributed by atoms with Crippen LogP contribution in [0.5, 0.6) is 5.75 Å². The molecule has 0 aliphatic rings. The fourth-order valence-corrected chi connectivity index (χ4v) is 2.30. The third-order valence-corrected chi connectivity index (χ3v) is 3.53. The maximum absolute atomic E-state index is 5.89. The van der Waals surface area contributed by atoms with Crippen molar-refractivity contribution in [1.29, 1.82) is 0 Å². The molecular weight excluding hydrogens is 282 g/mol. The molecule has 0 spiro atoms. The molecule has 0 radical (unpaired) electrons. The highest BCUT2D eigenvalue weighted by atomic mass is 35.5. The zero-order chi connectivity index (χ0) is 14.9. The van der Waals surface area contributed by atoms with Crippen LogP contribution in [0, 0.1) is 0 Å². The summed E-state index contributed by atoms with van der Waals surface area (Å²) in [6.07, 6.45) is 2.01. The van der Waals surface area contributed by atoms with Crippen LogP contribution in [0.15, 0.2) is 54.6 Å². The Labute approximate surface area is 132 Å². The topological polar surface area (TPSA) is 21.3 Å². The second-order valence-corrected chi connectivity index (χ2v) is 5.64. The third kappa shape index (κ3) is 6.19. The zero-order valence-corrected chi connectivity index (χ0v) is 13.1. The van der Waals surface area contributed by atoms with Gasteiger partial charge in [0.25, 0.3) is 0 Å². The largest absolute Gasteiger partial charge is 0.494 e. The van der Waals surface area contributed by atoms with E-state index in [0.717, 1.165) is 36.8 Å². The minimum Gasteiger partial charge on any atom is -0.494 e. The van der Waals surface area contributed by atoms with E-state index in [0.29, 0.717) is 6.04 Å².